The van der Waals surface area contributed by atoms with Crippen LogP contribution in [0.5, 0.6) is 0 Å². The van der Waals surface area contributed by atoms with E-state index in [0.29, 0.717) is 16.4 Å². The molecular formula is C16H12BrClN2O2. The first kappa shape index (κ1) is 16.3. The molecule has 22 heavy (non-hydrogen) atoms. The van der Waals surface area contributed by atoms with Crippen molar-refractivity contribution in [3.8, 4) is 0 Å². The van der Waals surface area contributed by atoms with Crippen LogP contribution in [0.25, 0.3) is 0 Å². The van der Waals surface area contributed by atoms with Gasteiger partial charge in [-0.25, -0.2) is 0 Å². The molecule has 0 fully saturated rings. The molecule has 6 heteroatoms. The Kier molecular flexibility index (Phi) is 5.75. The summed E-state index contributed by atoms with van der Waals surface area (Å²) in [4.78, 5) is 23.4. The number of rotatable bonds is 4. The third-order valence-corrected chi connectivity index (χ3v) is 3.35. The fraction of sp³-hybridized carbons (Fsp3) is 0. The molecule has 0 bridgehead atoms. The van der Waals surface area contributed by atoms with Gasteiger partial charge < -0.3 is 10.6 Å². The minimum absolute atomic E-state index is 0.386. The largest absolute Gasteiger partial charge is 0.323 e. The average molecular weight is 380 g/mol. The summed E-state index contributed by atoms with van der Waals surface area (Å²) in [6.45, 7) is 0. The summed E-state index contributed by atoms with van der Waals surface area (Å²) in [6.07, 6.45) is 2.33. The number of carbonyl (C=O) groups is 2. The molecule has 2 aromatic rings. The van der Waals surface area contributed by atoms with Crippen molar-refractivity contribution in [3.05, 3.63) is 70.2 Å². The van der Waals surface area contributed by atoms with Crippen molar-refractivity contribution >= 4 is 50.7 Å². The van der Waals surface area contributed by atoms with Crippen LogP contribution in [0, 0.1) is 0 Å². The van der Waals surface area contributed by atoms with Gasteiger partial charge in [0.05, 0.1) is 0 Å². The van der Waals surface area contributed by atoms with Crippen LogP contribution in [0.15, 0.2) is 65.2 Å². The minimum Gasteiger partial charge on any atom is -0.323 e. The summed E-state index contributed by atoms with van der Waals surface area (Å²) < 4.78 is 0.918. The topological polar surface area (TPSA) is 58.2 Å². The summed E-state index contributed by atoms with van der Waals surface area (Å²) in [7, 11) is 0. The zero-order chi connectivity index (χ0) is 15.9. The first-order valence-corrected chi connectivity index (χ1v) is 7.51. The second kappa shape index (κ2) is 7.77. The van der Waals surface area contributed by atoms with Crippen molar-refractivity contribution in [2.45, 2.75) is 0 Å². The van der Waals surface area contributed by atoms with Crippen molar-refractivity contribution in [2.75, 3.05) is 10.6 Å². The van der Waals surface area contributed by atoms with Gasteiger partial charge in [0.25, 0.3) is 0 Å². The maximum absolute atomic E-state index is 11.7. The van der Waals surface area contributed by atoms with Crippen LogP contribution in [0.2, 0.25) is 5.02 Å². The van der Waals surface area contributed by atoms with Crippen molar-refractivity contribution in [1.29, 1.82) is 0 Å². The summed E-state index contributed by atoms with van der Waals surface area (Å²) in [5, 5.41) is 5.79. The maximum Gasteiger partial charge on any atom is 0.248 e. The molecule has 0 saturated heterocycles. The third kappa shape index (κ3) is 5.35. The van der Waals surface area contributed by atoms with Crippen molar-refractivity contribution in [1.82, 2.24) is 0 Å². The quantitative estimate of drug-likeness (QED) is 0.781. The van der Waals surface area contributed by atoms with Gasteiger partial charge in [0.2, 0.25) is 11.8 Å². The highest BCUT2D eigenvalue weighted by Gasteiger charge is 2.01. The van der Waals surface area contributed by atoms with Crippen LogP contribution in [-0.4, -0.2) is 11.8 Å². The van der Waals surface area contributed by atoms with Crippen LogP contribution in [0.4, 0.5) is 11.4 Å². The molecule has 4 nitrogen and oxygen atoms in total. The molecule has 2 amide bonds. The van der Waals surface area contributed by atoms with E-state index in [4.69, 9.17) is 11.6 Å². The summed E-state index contributed by atoms with van der Waals surface area (Å²) in [6, 6.07) is 13.9. The first-order chi connectivity index (χ1) is 10.5. The molecule has 2 aromatic carbocycles. The Morgan fingerprint density at radius 2 is 1.50 bits per heavy atom. The van der Waals surface area contributed by atoms with Crippen LogP contribution in [0.3, 0.4) is 0 Å². The Morgan fingerprint density at radius 1 is 0.909 bits per heavy atom. The lowest BCUT2D eigenvalue weighted by atomic mass is 10.3. The molecule has 0 heterocycles. The van der Waals surface area contributed by atoms with E-state index >= 15 is 0 Å². The Balaban J connectivity index is 1.89. The lowest BCUT2D eigenvalue weighted by Gasteiger charge is -2.03. The number of anilines is 2. The predicted octanol–water partition coefficient (Wildman–Crippen LogP) is 4.24. The summed E-state index contributed by atoms with van der Waals surface area (Å²) in [5.41, 5.74) is 1.21. The van der Waals surface area contributed by atoms with E-state index in [-0.39, 0.29) is 5.91 Å². The molecule has 2 rings (SSSR count). The molecule has 0 radical (unpaired) electrons. The predicted molar refractivity (Wildman–Crippen MR) is 92.0 cm³/mol. The molecule has 112 valence electrons. The zero-order valence-electron chi connectivity index (χ0n) is 11.3. The van der Waals surface area contributed by atoms with Gasteiger partial charge in [-0.3, -0.25) is 9.59 Å². The van der Waals surface area contributed by atoms with Crippen LogP contribution >= 0.6 is 27.5 Å². The van der Waals surface area contributed by atoms with Gasteiger partial charge in [0, 0.05) is 33.0 Å². The molecule has 2 N–H and O–H groups in total. The van der Waals surface area contributed by atoms with Crippen molar-refractivity contribution in [2.24, 2.45) is 0 Å². The van der Waals surface area contributed by atoms with Crippen molar-refractivity contribution < 1.29 is 9.59 Å². The smallest absolute Gasteiger partial charge is 0.248 e. The van der Waals surface area contributed by atoms with Gasteiger partial charge in [0.1, 0.15) is 0 Å². The van der Waals surface area contributed by atoms with Gasteiger partial charge in [0.15, 0.2) is 0 Å². The SMILES string of the molecule is O=C(C=CC(=O)Nc1cccc(Cl)c1)Nc1ccc(Br)cc1. The van der Waals surface area contributed by atoms with E-state index in [1.807, 2.05) is 12.1 Å². The Morgan fingerprint density at radius 3 is 2.09 bits per heavy atom. The van der Waals surface area contributed by atoms with Crippen LogP contribution in [0.1, 0.15) is 0 Å². The Bertz CT molecular complexity index is 714. The number of carbonyl (C=O) groups excluding carboxylic acids is 2. The number of halogens is 2. The lowest BCUT2D eigenvalue weighted by Crippen LogP contribution is -2.12. The number of benzene rings is 2. The summed E-state index contributed by atoms with van der Waals surface area (Å²) >= 11 is 9.13. The molecular weight excluding hydrogens is 368 g/mol. The van der Waals surface area contributed by atoms with Crippen LogP contribution in [-0.2, 0) is 9.59 Å². The van der Waals surface area contributed by atoms with Crippen LogP contribution < -0.4 is 10.6 Å². The zero-order valence-corrected chi connectivity index (χ0v) is 13.7. The van der Waals surface area contributed by atoms with E-state index in [0.717, 1.165) is 10.5 Å². The van der Waals surface area contributed by atoms with Gasteiger partial charge in [-0.2, -0.15) is 0 Å². The second-order valence-electron chi connectivity index (χ2n) is 4.33. The number of nitrogens with one attached hydrogen (secondary N) is 2. The highest BCUT2D eigenvalue weighted by atomic mass is 79.9. The Labute approximate surface area is 141 Å². The first-order valence-electron chi connectivity index (χ1n) is 6.34. The fourth-order valence-corrected chi connectivity index (χ4v) is 2.07. The average Bonchev–Trinajstić information content (AvgIpc) is 2.48. The molecule has 0 aliphatic heterocycles. The number of hydrogen-bond acceptors (Lipinski definition) is 2. The lowest BCUT2D eigenvalue weighted by molar-refractivity contribution is -0.114. The molecule has 0 atom stereocenters. The summed E-state index contributed by atoms with van der Waals surface area (Å²) in [5.74, 6) is -0.795. The van der Waals surface area contributed by atoms with Gasteiger partial charge >= 0.3 is 0 Å². The highest BCUT2D eigenvalue weighted by molar-refractivity contribution is 9.10. The number of amides is 2. The monoisotopic (exact) mass is 378 g/mol. The van der Waals surface area contributed by atoms with Gasteiger partial charge in [-0.05, 0) is 42.5 Å². The molecule has 0 unspecified atom stereocenters. The molecule has 0 aliphatic carbocycles. The minimum atomic E-state index is -0.409. The van der Waals surface area contributed by atoms with Gasteiger partial charge in [-0.1, -0.05) is 33.6 Å². The maximum atomic E-state index is 11.7. The molecule has 0 aliphatic rings. The number of hydrogen-bond donors (Lipinski definition) is 2. The highest BCUT2D eigenvalue weighted by Crippen LogP contribution is 2.15. The molecule has 0 aromatic heterocycles. The molecule has 0 saturated carbocycles. The second-order valence-corrected chi connectivity index (χ2v) is 5.68. The molecule has 0 spiro atoms. The van der Waals surface area contributed by atoms with E-state index in [1.54, 1.807) is 36.4 Å². The normalized spacial score (nSPS) is 10.5. The van der Waals surface area contributed by atoms with E-state index < -0.39 is 5.91 Å². The fourth-order valence-electron chi connectivity index (χ4n) is 1.62. The van der Waals surface area contributed by atoms with E-state index in [2.05, 4.69) is 26.6 Å². The van der Waals surface area contributed by atoms with E-state index in [9.17, 15) is 9.59 Å². The van der Waals surface area contributed by atoms with Crippen molar-refractivity contribution in [3.63, 3.8) is 0 Å². The Hall–Kier alpha value is -2.11. The van der Waals surface area contributed by atoms with E-state index in [1.165, 1.54) is 6.08 Å². The van der Waals surface area contributed by atoms with Gasteiger partial charge in [-0.15, -0.1) is 0 Å². The standard InChI is InChI=1S/C16H12BrClN2O2/c17-11-4-6-13(7-5-11)19-15(21)8-9-16(22)20-14-3-1-2-12(18)10-14/h1-10H,(H,19,21)(H,20,22). The third-order valence-electron chi connectivity index (χ3n) is 2.59.